The van der Waals surface area contributed by atoms with E-state index in [1.54, 1.807) is 30.3 Å². The van der Waals surface area contributed by atoms with E-state index in [0.717, 1.165) is 11.1 Å². The van der Waals surface area contributed by atoms with E-state index in [9.17, 15) is 9.59 Å². The van der Waals surface area contributed by atoms with Crippen LogP contribution in [0.2, 0.25) is 5.02 Å². The van der Waals surface area contributed by atoms with Crippen LogP contribution in [0.25, 0.3) is 0 Å². The average molecular weight is 394 g/mol. The fourth-order valence-electron chi connectivity index (χ4n) is 2.81. The number of halogens is 1. The van der Waals surface area contributed by atoms with Crippen LogP contribution < -0.4 is 16.0 Å². The number of hydrogen-bond donors (Lipinski definition) is 3. The van der Waals surface area contributed by atoms with Crippen LogP contribution in [0.1, 0.15) is 17.2 Å². The van der Waals surface area contributed by atoms with E-state index in [1.165, 1.54) is 0 Å². The minimum absolute atomic E-state index is 0.0334. The number of imide groups is 1. The first-order valence-electron chi connectivity index (χ1n) is 8.81. The van der Waals surface area contributed by atoms with Gasteiger partial charge in [0.05, 0.1) is 12.6 Å². The Morgan fingerprint density at radius 3 is 2.14 bits per heavy atom. The lowest BCUT2D eigenvalue weighted by Crippen LogP contribution is -2.41. The molecule has 1 unspecified atom stereocenters. The third kappa shape index (κ3) is 5.67. The van der Waals surface area contributed by atoms with Gasteiger partial charge in [-0.3, -0.25) is 15.4 Å². The highest BCUT2D eigenvalue weighted by molar-refractivity contribution is 6.30. The first-order chi connectivity index (χ1) is 13.6. The molecule has 0 aromatic heterocycles. The Balaban J connectivity index is 1.63. The van der Waals surface area contributed by atoms with Crippen molar-refractivity contribution in [3.63, 3.8) is 0 Å². The Hall–Kier alpha value is -3.15. The molecule has 1 atom stereocenters. The molecule has 3 aromatic carbocycles. The van der Waals surface area contributed by atoms with Gasteiger partial charge in [-0.2, -0.15) is 0 Å². The molecule has 3 N–H and O–H groups in total. The van der Waals surface area contributed by atoms with Gasteiger partial charge in [0.25, 0.3) is 0 Å². The number of rotatable bonds is 6. The number of carbonyl (C=O) groups excluding carboxylic acids is 2. The van der Waals surface area contributed by atoms with Crippen LogP contribution in [-0.4, -0.2) is 18.5 Å². The van der Waals surface area contributed by atoms with Crippen molar-refractivity contribution in [1.29, 1.82) is 0 Å². The molecule has 3 aromatic rings. The quantitative estimate of drug-likeness (QED) is 0.582. The van der Waals surface area contributed by atoms with Gasteiger partial charge in [0.2, 0.25) is 5.91 Å². The molecule has 142 valence electrons. The predicted octanol–water partition coefficient (Wildman–Crippen LogP) is 4.37. The van der Waals surface area contributed by atoms with Crippen molar-refractivity contribution in [1.82, 2.24) is 10.6 Å². The lowest BCUT2D eigenvalue weighted by Gasteiger charge is -2.20. The molecule has 0 aliphatic heterocycles. The minimum atomic E-state index is -0.572. The van der Waals surface area contributed by atoms with Crippen LogP contribution in [0, 0.1) is 0 Å². The standard InChI is InChI=1S/C22H20ClN3O2/c23-18-11-7-10-17(14-18)21(16-8-3-1-4-9-16)24-15-20(27)26-22(28)25-19-12-5-2-6-13-19/h1-14,21,24H,15H2,(H2,25,26,27,28). The molecule has 0 spiro atoms. The second kappa shape index (κ2) is 9.69. The zero-order valence-corrected chi connectivity index (χ0v) is 15.8. The zero-order chi connectivity index (χ0) is 19.8. The molecule has 0 bridgehead atoms. The molecule has 3 amide bonds. The summed E-state index contributed by atoms with van der Waals surface area (Å²) in [6.45, 7) is -0.0334. The summed E-state index contributed by atoms with van der Waals surface area (Å²) in [7, 11) is 0. The fraction of sp³-hybridized carbons (Fsp3) is 0.0909. The summed E-state index contributed by atoms with van der Waals surface area (Å²) in [5.74, 6) is -0.434. The molecule has 3 rings (SSSR count). The molecule has 5 nitrogen and oxygen atoms in total. The number of para-hydroxylation sites is 1. The molecule has 0 heterocycles. The Bertz CT molecular complexity index is 933. The molecule has 0 saturated heterocycles. The number of nitrogens with one attached hydrogen (secondary N) is 3. The van der Waals surface area contributed by atoms with Gasteiger partial charge in [-0.25, -0.2) is 4.79 Å². The smallest absolute Gasteiger partial charge is 0.308 e. The van der Waals surface area contributed by atoms with Crippen LogP contribution in [0.4, 0.5) is 10.5 Å². The van der Waals surface area contributed by atoms with Crippen molar-refractivity contribution in [3.05, 3.63) is 101 Å². The maximum atomic E-state index is 12.2. The largest absolute Gasteiger partial charge is 0.325 e. The highest BCUT2D eigenvalue weighted by atomic mass is 35.5. The summed E-state index contributed by atoms with van der Waals surface area (Å²) in [5, 5.41) is 8.75. The topological polar surface area (TPSA) is 70.2 Å². The van der Waals surface area contributed by atoms with E-state index < -0.39 is 11.9 Å². The van der Waals surface area contributed by atoms with Crippen LogP contribution in [0.5, 0.6) is 0 Å². The summed E-state index contributed by atoms with van der Waals surface area (Å²) in [6, 6.07) is 25.3. The van der Waals surface area contributed by atoms with E-state index in [1.807, 2.05) is 54.6 Å². The fourth-order valence-corrected chi connectivity index (χ4v) is 3.01. The second-order valence-electron chi connectivity index (χ2n) is 6.15. The van der Waals surface area contributed by atoms with Gasteiger partial charge < -0.3 is 5.32 Å². The summed E-state index contributed by atoms with van der Waals surface area (Å²) < 4.78 is 0. The first-order valence-corrected chi connectivity index (χ1v) is 9.19. The highest BCUT2D eigenvalue weighted by Crippen LogP contribution is 2.24. The van der Waals surface area contributed by atoms with Gasteiger partial charge in [0.15, 0.2) is 0 Å². The molecule has 0 saturated carbocycles. The third-order valence-corrected chi connectivity index (χ3v) is 4.30. The number of urea groups is 1. The van der Waals surface area contributed by atoms with Crippen molar-refractivity contribution in [2.45, 2.75) is 6.04 Å². The summed E-state index contributed by atoms with van der Waals surface area (Å²) in [6.07, 6.45) is 0. The van der Waals surface area contributed by atoms with Crippen molar-refractivity contribution < 1.29 is 9.59 Å². The maximum Gasteiger partial charge on any atom is 0.325 e. The van der Waals surface area contributed by atoms with Gasteiger partial charge in [0.1, 0.15) is 0 Å². The van der Waals surface area contributed by atoms with Crippen molar-refractivity contribution in [2.75, 3.05) is 11.9 Å². The maximum absolute atomic E-state index is 12.2. The van der Waals surface area contributed by atoms with Crippen molar-refractivity contribution >= 4 is 29.2 Å². The van der Waals surface area contributed by atoms with Crippen LogP contribution in [0.15, 0.2) is 84.9 Å². The number of amides is 3. The molecule has 28 heavy (non-hydrogen) atoms. The van der Waals surface area contributed by atoms with Crippen LogP contribution >= 0.6 is 11.6 Å². The van der Waals surface area contributed by atoms with E-state index in [4.69, 9.17) is 11.6 Å². The second-order valence-corrected chi connectivity index (χ2v) is 6.58. The molecular weight excluding hydrogens is 374 g/mol. The molecule has 0 fully saturated rings. The van der Waals surface area contributed by atoms with E-state index in [0.29, 0.717) is 10.7 Å². The van der Waals surface area contributed by atoms with Crippen molar-refractivity contribution in [3.8, 4) is 0 Å². The SMILES string of the molecule is O=C(CNC(c1ccccc1)c1cccc(Cl)c1)NC(=O)Nc1ccccc1. The minimum Gasteiger partial charge on any atom is -0.308 e. The molecular formula is C22H20ClN3O2. The summed E-state index contributed by atoms with van der Waals surface area (Å²) in [4.78, 5) is 24.2. The van der Waals surface area contributed by atoms with Gasteiger partial charge in [0, 0.05) is 10.7 Å². The third-order valence-electron chi connectivity index (χ3n) is 4.07. The predicted molar refractivity (Wildman–Crippen MR) is 111 cm³/mol. The number of hydrogen-bond acceptors (Lipinski definition) is 3. The van der Waals surface area contributed by atoms with Crippen LogP contribution in [-0.2, 0) is 4.79 Å². The Labute approximate surface area is 168 Å². The average Bonchev–Trinajstić information content (AvgIpc) is 2.70. The van der Waals surface area contributed by atoms with Gasteiger partial charge in [-0.05, 0) is 35.4 Å². The lowest BCUT2D eigenvalue weighted by atomic mass is 9.99. The van der Waals surface area contributed by atoms with Gasteiger partial charge in [-0.15, -0.1) is 0 Å². The molecule has 0 aliphatic carbocycles. The summed E-state index contributed by atoms with van der Waals surface area (Å²) >= 11 is 6.12. The monoisotopic (exact) mass is 393 g/mol. The first kappa shape index (κ1) is 19.6. The normalized spacial score (nSPS) is 11.5. The van der Waals surface area contributed by atoms with Crippen molar-refractivity contribution in [2.24, 2.45) is 0 Å². The lowest BCUT2D eigenvalue weighted by molar-refractivity contribution is -0.119. The van der Waals surface area contributed by atoms with Gasteiger partial charge in [-0.1, -0.05) is 72.3 Å². The number of benzene rings is 3. The van der Waals surface area contributed by atoms with Gasteiger partial charge >= 0.3 is 6.03 Å². The van der Waals surface area contributed by atoms with E-state index in [2.05, 4.69) is 16.0 Å². The van der Waals surface area contributed by atoms with E-state index in [-0.39, 0.29) is 12.6 Å². The molecule has 0 aliphatic rings. The number of carbonyl (C=O) groups is 2. The highest BCUT2D eigenvalue weighted by Gasteiger charge is 2.16. The Morgan fingerprint density at radius 1 is 0.821 bits per heavy atom. The molecule has 6 heteroatoms. The van der Waals surface area contributed by atoms with E-state index >= 15 is 0 Å². The Kier molecular flexibility index (Phi) is 6.78. The molecule has 0 radical (unpaired) electrons. The Morgan fingerprint density at radius 2 is 1.46 bits per heavy atom. The number of anilines is 1. The summed E-state index contributed by atoms with van der Waals surface area (Å²) in [5.41, 5.74) is 2.54. The zero-order valence-electron chi connectivity index (χ0n) is 15.1. The van der Waals surface area contributed by atoms with Crippen LogP contribution in [0.3, 0.4) is 0 Å².